The van der Waals surface area contributed by atoms with Crippen LogP contribution < -0.4 is 10.5 Å². The van der Waals surface area contributed by atoms with Crippen LogP contribution in [0, 0.1) is 6.92 Å². The van der Waals surface area contributed by atoms with E-state index in [0.717, 1.165) is 5.56 Å². The summed E-state index contributed by atoms with van der Waals surface area (Å²) in [6, 6.07) is 12.1. The number of hydrogen-bond acceptors (Lipinski definition) is 5. The average molecular weight is 362 g/mol. The van der Waals surface area contributed by atoms with Gasteiger partial charge in [-0.05, 0) is 50.2 Å². The van der Waals surface area contributed by atoms with E-state index in [1.165, 1.54) is 31.2 Å². The monoisotopic (exact) mass is 362 g/mol. The molecule has 0 aliphatic carbocycles. The minimum absolute atomic E-state index is 0.00688. The van der Waals surface area contributed by atoms with Crippen molar-refractivity contribution in [2.45, 2.75) is 24.8 Å². The molecule has 2 aromatic rings. The lowest BCUT2D eigenvalue weighted by atomic mass is 10.2. The number of aryl methyl sites for hydroxylation is 1. The van der Waals surface area contributed by atoms with Gasteiger partial charge < -0.3 is 10.5 Å². The number of anilines is 1. The van der Waals surface area contributed by atoms with E-state index in [1.54, 1.807) is 24.3 Å². The molecule has 2 aromatic carbocycles. The Balaban J connectivity index is 2.14. The Bertz CT molecular complexity index is 874. The number of hydrogen-bond donors (Lipinski definition) is 2. The first kappa shape index (κ1) is 18.5. The minimum atomic E-state index is -3.78. The Labute approximate surface area is 145 Å². The molecule has 0 heterocycles. The number of nitrogens with one attached hydrogen (secondary N) is 1. The second-order valence-corrected chi connectivity index (χ2v) is 7.13. The van der Waals surface area contributed by atoms with Gasteiger partial charge in [-0.3, -0.25) is 9.52 Å². The average Bonchev–Trinajstić information content (AvgIpc) is 2.56. The van der Waals surface area contributed by atoms with Crippen molar-refractivity contribution >= 4 is 27.6 Å². The number of esters is 1. The van der Waals surface area contributed by atoms with Crippen LogP contribution >= 0.6 is 0 Å². The molecule has 7 nitrogen and oxygen atoms in total. The molecule has 132 valence electrons. The van der Waals surface area contributed by atoms with Gasteiger partial charge >= 0.3 is 5.97 Å². The highest BCUT2D eigenvalue weighted by atomic mass is 32.2. The third-order valence-corrected chi connectivity index (χ3v) is 4.79. The van der Waals surface area contributed by atoms with E-state index in [2.05, 4.69) is 4.72 Å². The van der Waals surface area contributed by atoms with Gasteiger partial charge in [-0.2, -0.15) is 0 Å². The van der Waals surface area contributed by atoms with Crippen LogP contribution in [0.4, 0.5) is 5.69 Å². The van der Waals surface area contributed by atoms with Gasteiger partial charge in [-0.25, -0.2) is 13.2 Å². The third kappa shape index (κ3) is 4.80. The second kappa shape index (κ2) is 7.35. The fourth-order valence-electron chi connectivity index (χ4n) is 1.89. The first-order valence-corrected chi connectivity index (χ1v) is 8.87. The van der Waals surface area contributed by atoms with Crippen molar-refractivity contribution < 1.29 is 22.7 Å². The highest BCUT2D eigenvalue weighted by molar-refractivity contribution is 7.92. The Morgan fingerprint density at radius 1 is 1.04 bits per heavy atom. The summed E-state index contributed by atoms with van der Waals surface area (Å²) >= 11 is 0. The van der Waals surface area contributed by atoms with Crippen LogP contribution in [0.1, 0.15) is 22.8 Å². The number of nitrogens with two attached hydrogens (primary N) is 1. The molecule has 1 atom stereocenters. The molecule has 0 aliphatic heterocycles. The van der Waals surface area contributed by atoms with Crippen molar-refractivity contribution in [2.24, 2.45) is 5.73 Å². The lowest BCUT2D eigenvalue weighted by Crippen LogP contribution is -2.30. The molecule has 25 heavy (non-hydrogen) atoms. The van der Waals surface area contributed by atoms with Gasteiger partial charge in [0.2, 0.25) is 0 Å². The maximum atomic E-state index is 12.3. The minimum Gasteiger partial charge on any atom is -0.449 e. The molecule has 0 radical (unpaired) electrons. The van der Waals surface area contributed by atoms with E-state index in [4.69, 9.17) is 10.5 Å². The Kier molecular flexibility index (Phi) is 5.43. The summed E-state index contributed by atoms with van der Waals surface area (Å²) in [5.41, 5.74) is 6.58. The predicted octanol–water partition coefficient (Wildman–Crippen LogP) is 1.83. The number of primary amides is 1. The Morgan fingerprint density at radius 3 is 2.12 bits per heavy atom. The first-order valence-electron chi connectivity index (χ1n) is 7.39. The second-order valence-electron chi connectivity index (χ2n) is 5.45. The number of rotatable bonds is 6. The van der Waals surface area contributed by atoms with Crippen molar-refractivity contribution in [3.63, 3.8) is 0 Å². The fourth-order valence-corrected chi connectivity index (χ4v) is 2.95. The largest absolute Gasteiger partial charge is 0.449 e. The van der Waals surface area contributed by atoms with Crippen molar-refractivity contribution in [1.82, 2.24) is 0 Å². The molecule has 0 bridgehead atoms. The maximum Gasteiger partial charge on any atom is 0.338 e. The summed E-state index contributed by atoms with van der Waals surface area (Å²) in [4.78, 5) is 22.7. The number of carbonyl (C=O) groups is 2. The molecule has 1 amide bonds. The number of amides is 1. The molecule has 2 rings (SSSR count). The van der Waals surface area contributed by atoms with Gasteiger partial charge in [0.05, 0.1) is 10.5 Å². The topological polar surface area (TPSA) is 116 Å². The zero-order chi connectivity index (χ0) is 18.6. The summed E-state index contributed by atoms with van der Waals surface area (Å²) in [5.74, 6) is -1.53. The molecule has 0 unspecified atom stereocenters. The smallest absolute Gasteiger partial charge is 0.338 e. The van der Waals surface area contributed by atoms with E-state index in [-0.39, 0.29) is 10.5 Å². The van der Waals surface area contributed by atoms with Crippen LogP contribution in [0.3, 0.4) is 0 Å². The van der Waals surface area contributed by atoms with E-state index >= 15 is 0 Å². The van der Waals surface area contributed by atoms with E-state index in [1.807, 2.05) is 6.92 Å². The zero-order valence-electron chi connectivity index (χ0n) is 13.7. The molecule has 8 heteroatoms. The Hall–Kier alpha value is -2.87. The summed E-state index contributed by atoms with van der Waals surface area (Å²) in [5, 5.41) is 0. The van der Waals surface area contributed by atoms with Crippen molar-refractivity contribution in [1.29, 1.82) is 0 Å². The first-order chi connectivity index (χ1) is 11.7. The quantitative estimate of drug-likeness (QED) is 0.761. The molecule has 0 saturated heterocycles. The molecule has 0 spiro atoms. The van der Waals surface area contributed by atoms with Gasteiger partial charge in [0, 0.05) is 5.69 Å². The van der Waals surface area contributed by atoms with Crippen LogP contribution in [0.15, 0.2) is 53.4 Å². The summed E-state index contributed by atoms with van der Waals surface area (Å²) in [6.07, 6.45) is -1.07. The van der Waals surface area contributed by atoms with Crippen molar-refractivity contribution in [2.75, 3.05) is 4.72 Å². The molecule has 0 aliphatic rings. The normalized spacial score (nSPS) is 12.2. The predicted molar refractivity (Wildman–Crippen MR) is 92.5 cm³/mol. The third-order valence-electron chi connectivity index (χ3n) is 3.39. The van der Waals surface area contributed by atoms with E-state index in [0.29, 0.717) is 5.69 Å². The highest BCUT2D eigenvalue weighted by Gasteiger charge is 2.18. The molecule has 0 fully saturated rings. The highest BCUT2D eigenvalue weighted by Crippen LogP contribution is 2.17. The van der Waals surface area contributed by atoms with Crippen LogP contribution in [-0.4, -0.2) is 26.4 Å². The SMILES string of the molecule is Cc1ccc(NS(=O)(=O)c2ccc(C(=O)O[C@@H](C)C(N)=O)cc2)cc1. The summed E-state index contributed by atoms with van der Waals surface area (Å²) < 4.78 is 32.0. The maximum absolute atomic E-state index is 12.3. The van der Waals surface area contributed by atoms with Crippen LogP contribution in [-0.2, 0) is 19.6 Å². The van der Waals surface area contributed by atoms with Gasteiger partial charge in [0.1, 0.15) is 0 Å². The summed E-state index contributed by atoms with van der Waals surface area (Å²) in [7, 11) is -3.78. The van der Waals surface area contributed by atoms with Gasteiger partial charge in [-0.15, -0.1) is 0 Å². The molecular formula is C17H18N2O5S. The molecule has 3 N–H and O–H groups in total. The van der Waals surface area contributed by atoms with Gasteiger partial charge in [0.25, 0.3) is 15.9 Å². The molecular weight excluding hydrogens is 344 g/mol. The van der Waals surface area contributed by atoms with Crippen LogP contribution in [0.5, 0.6) is 0 Å². The lowest BCUT2D eigenvalue weighted by molar-refractivity contribution is -0.125. The number of sulfonamides is 1. The van der Waals surface area contributed by atoms with Gasteiger partial charge in [0.15, 0.2) is 6.10 Å². The van der Waals surface area contributed by atoms with Crippen molar-refractivity contribution in [3.05, 3.63) is 59.7 Å². The summed E-state index contributed by atoms with van der Waals surface area (Å²) in [6.45, 7) is 3.25. The number of carbonyl (C=O) groups excluding carboxylic acids is 2. The van der Waals surface area contributed by atoms with Crippen LogP contribution in [0.2, 0.25) is 0 Å². The molecule has 0 saturated carbocycles. The van der Waals surface area contributed by atoms with Crippen LogP contribution in [0.25, 0.3) is 0 Å². The van der Waals surface area contributed by atoms with E-state index in [9.17, 15) is 18.0 Å². The zero-order valence-corrected chi connectivity index (χ0v) is 14.5. The van der Waals surface area contributed by atoms with Gasteiger partial charge in [-0.1, -0.05) is 17.7 Å². The number of ether oxygens (including phenoxy) is 1. The van der Waals surface area contributed by atoms with E-state index < -0.39 is 28.0 Å². The van der Waals surface area contributed by atoms with Crippen molar-refractivity contribution in [3.8, 4) is 0 Å². The fraction of sp³-hybridized carbons (Fsp3) is 0.176. The lowest BCUT2D eigenvalue weighted by Gasteiger charge is -2.11. The Morgan fingerprint density at radius 2 is 1.60 bits per heavy atom. The molecule has 0 aromatic heterocycles. The number of benzene rings is 2. The standard InChI is InChI=1S/C17H18N2O5S/c1-11-3-7-14(8-4-11)19-25(22,23)15-9-5-13(6-10-15)17(21)24-12(2)16(18)20/h3-10,12,19H,1-2H3,(H2,18,20)/t12-/m0/s1.